The standard InChI is InChI=1S/C25H37N3O.2H2/c1-27(2)24(29)26-23-9-10-25(22-6-4-3-5-21(22)23)11-13-28(14-12-25)20-16-18-7-8-19(15-18)17-20;;/h3-6,18-20,23H,7-17H2,1-2H3,(H,26,29);2*1H/t18-,19?,20?,23+;;/m1../s1. The average molecular weight is 400 g/mol. The highest BCUT2D eigenvalue weighted by Crippen LogP contribution is 2.50. The third kappa shape index (κ3) is 3.58. The number of nitrogens with one attached hydrogen (secondary N) is 1. The molecule has 2 bridgehead atoms. The van der Waals surface area contributed by atoms with Crippen LogP contribution in [0.2, 0.25) is 0 Å². The number of nitrogens with zero attached hydrogens (tertiary/aromatic N) is 2. The number of carbonyl (C=O) groups is 1. The van der Waals surface area contributed by atoms with Gasteiger partial charge in [-0.3, -0.25) is 0 Å². The Morgan fingerprint density at radius 3 is 2.41 bits per heavy atom. The van der Waals surface area contributed by atoms with Crippen molar-refractivity contribution in [1.82, 2.24) is 15.1 Å². The summed E-state index contributed by atoms with van der Waals surface area (Å²) < 4.78 is 0. The smallest absolute Gasteiger partial charge is 0.317 e. The van der Waals surface area contributed by atoms with Crippen LogP contribution >= 0.6 is 0 Å². The van der Waals surface area contributed by atoms with Gasteiger partial charge in [0.15, 0.2) is 0 Å². The molecule has 3 aliphatic carbocycles. The number of urea groups is 1. The van der Waals surface area contributed by atoms with Crippen molar-refractivity contribution in [2.75, 3.05) is 27.2 Å². The molecule has 162 valence electrons. The quantitative estimate of drug-likeness (QED) is 0.742. The van der Waals surface area contributed by atoms with Crippen LogP contribution in [0.1, 0.15) is 77.8 Å². The Morgan fingerprint density at radius 2 is 1.72 bits per heavy atom. The van der Waals surface area contributed by atoms with E-state index >= 15 is 0 Å². The first-order valence-corrected chi connectivity index (χ1v) is 11.9. The van der Waals surface area contributed by atoms with Gasteiger partial charge in [-0.1, -0.05) is 37.1 Å². The monoisotopic (exact) mass is 399 g/mol. The van der Waals surface area contributed by atoms with Gasteiger partial charge in [-0.05, 0) is 86.4 Å². The fraction of sp³-hybridized carbons (Fsp3) is 0.720. The van der Waals surface area contributed by atoms with E-state index < -0.39 is 0 Å². The molecule has 1 N–H and O–H groups in total. The molecule has 1 spiro atoms. The molecule has 5 rings (SSSR count). The van der Waals surface area contributed by atoms with Crippen LogP contribution in [0.4, 0.5) is 4.79 Å². The highest BCUT2D eigenvalue weighted by Gasteiger charge is 2.44. The van der Waals surface area contributed by atoms with Crippen molar-refractivity contribution in [3.8, 4) is 0 Å². The number of carbonyl (C=O) groups excluding carboxylic acids is 1. The van der Waals surface area contributed by atoms with Gasteiger partial charge < -0.3 is 15.1 Å². The van der Waals surface area contributed by atoms with Crippen molar-refractivity contribution < 1.29 is 7.65 Å². The minimum Gasteiger partial charge on any atom is -0.331 e. The van der Waals surface area contributed by atoms with Crippen molar-refractivity contribution in [3.63, 3.8) is 0 Å². The zero-order valence-corrected chi connectivity index (χ0v) is 18.2. The van der Waals surface area contributed by atoms with Crippen molar-refractivity contribution in [3.05, 3.63) is 35.4 Å². The molecule has 0 radical (unpaired) electrons. The summed E-state index contributed by atoms with van der Waals surface area (Å²) in [6, 6.07) is 9.95. The van der Waals surface area contributed by atoms with Gasteiger partial charge in [-0.25, -0.2) is 4.79 Å². The molecule has 0 aromatic heterocycles. The van der Waals surface area contributed by atoms with E-state index in [0.29, 0.717) is 5.41 Å². The summed E-state index contributed by atoms with van der Waals surface area (Å²) in [5.41, 5.74) is 3.19. The van der Waals surface area contributed by atoms with Crippen LogP contribution in [-0.4, -0.2) is 49.1 Å². The Bertz CT molecular complexity index is 751. The fourth-order valence-electron chi connectivity index (χ4n) is 7.03. The highest BCUT2D eigenvalue weighted by atomic mass is 16.2. The zero-order chi connectivity index (χ0) is 20.0. The van der Waals surface area contributed by atoms with Gasteiger partial charge in [0.25, 0.3) is 0 Å². The number of piperidine rings is 1. The van der Waals surface area contributed by atoms with Crippen LogP contribution in [0.3, 0.4) is 0 Å². The lowest BCUT2D eigenvalue weighted by Crippen LogP contribution is -2.50. The molecule has 4 aliphatic rings. The number of benzene rings is 1. The van der Waals surface area contributed by atoms with Crippen molar-refractivity contribution >= 4 is 6.03 Å². The van der Waals surface area contributed by atoms with E-state index in [1.807, 2.05) is 14.1 Å². The van der Waals surface area contributed by atoms with Gasteiger partial charge in [0.1, 0.15) is 0 Å². The molecule has 3 fully saturated rings. The fourth-order valence-corrected chi connectivity index (χ4v) is 7.03. The minimum absolute atomic E-state index is 0. The Kier molecular flexibility index (Phi) is 5.09. The molecule has 1 aromatic carbocycles. The predicted molar refractivity (Wildman–Crippen MR) is 121 cm³/mol. The Balaban J connectivity index is 0.00000136. The van der Waals surface area contributed by atoms with Crippen molar-refractivity contribution in [2.24, 2.45) is 11.8 Å². The molecule has 4 heteroatoms. The van der Waals surface area contributed by atoms with E-state index in [1.165, 1.54) is 75.6 Å². The van der Waals surface area contributed by atoms with Crippen LogP contribution in [0.5, 0.6) is 0 Å². The van der Waals surface area contributed by atoms with Gasteiger partial charge in [-0.2, -0.15) is 0 Å². The van der Waals surface area contributed by atoms with E-state index in [-0.39, 0.29) is 14.9 Å². The number of rotatable bonds is 2. The van der Waals surface area contributed by atoms with E-state index in [2.05, 4.69) is 34.5 Å². The molecule has 1 aromatic rings. The first-order chi connectivity index (χ1) is 14.0. The molecule has 2 unspecified atom stereocenters. The number of likely N-dealkylation sites (tertiary alicyclic amines) is 1. The minimum atomic E-state index is 0. The zero-order valence-electron chi connectivity index (χ0n) is 18.2. The van der Waals surface area contributed by atoms with Gasteiger partial charge >= 0.3 is 6.03 Å². The lowest BCUT2D eigenvalue weighted by Gasteiger charge is -2.49. The molecule has 4 atom stereocenters. The first kappa shape index (κ1) is 19.4. The highest BCUT2D eigenvalue weighted by molar-refractivity contribution is 5.74. The van der Waals surface area contributed by atoms with Crippen molar-refractivity contribution in [2.45, 2.75) is 75.3 Å². The summed E-state index contributed by atoms with van der Waals surface area (Å²) in [7, 11) is 3.64. The van der Waals surface area contributed by atoms with Gasteiger partial charge in [-0.15, -0.1) is 0 Å². The van der Waals surface area contributed by atoms with Crippen LogP contribution in [0, 0.1) is 11.8 Å². The van der Waals surface area contributed by atoms with Gasteiger partial charge in [0, 0.05) is 23.0 Å². The van der Waals surface area contributed by atoms with Crippen LogP contribution in [0.25, 0.3) is 0 Å². The second kappa shape index (κ2) is 7.61. The second-order valence-corrected chi connectivity index (χ2v) is 10.5. The summed E-state index contributed by atoms with van der Waals surface area (Å²) in [6.07, 6.45) is 12.2. The summed E-state index contributed by atoms with van der Waals surface area (Å²) in [6.45, 7) is 2.51. The lowest BCUT2D eigenvalue weighted by atomic mass is 9.63. The summed E-state index contributed by atoms with van der Waals surface area (Å²) in [5, 5.41) is 3.25. The van der Waals surface area contributed by atoms with E-state index in [9.17, 15) is 4.79 Å². The van der Waals surface area contributed by atoms with Crippen molar-refractivity contribution in [1.29, 1.82) is 0 Å². The third-order valence-corrected chi connectivity index (χ3v) is 8.66. The maximum absolute atomic E-state index is 12.3. The predicted octanol–water partition coefficient (Wildman–Crippen LogP) is 5.20. The molecule has 2 saturated carbocycles. The van der Waals surface area contributed by atoms with Crippen LogP contribution in [-0.2, 0) is 5.41 Å². The SMILES string of the molecule is CN(C)C(=O)N[C@H]1CCC2(CCN(C3CC4CC[C@H](C4)C3)CC2)c2ccccc21.[HH].[HH]. The average Bonchev–Trinajstić information content (AvgIpc) is 3.08. The van der Waals surface area contributed by atoms with Crippen LogP contribution in [0.15, 0.2) is 24.3 Å². The van der Waals surface area contributed by atoms with E-state index in [1.54, 1.807) is 4.90 Å². The largest absolute Gasteiger partial charge is 0.331 e. The maximum Gasteiger partial charge on any atom is 0.317 e. The van der Waals surface area contributed by atoms with Gasteiger partial charge in [0.05, 0.1) is 6.04 Å². The van der Waals surface area contributed by atoms with Crippen LogP contribution < -0.4 is 5.32 Å². The summed E-state index contributed by atoms with van der Waals surface area (Å²) in [5.74, 6) is 2.04. The molecular formula is C25H41N3O. The third-order valence-electron chi connectivity index (χ3n) is 8.66. The number of fused-ring (bicyclic) bond motifs is 4. The Labute approximate surface area is 179 Å². The molecule has 2 amide bonds. The van der Waals surface area contributed by atoms with Gasteiger partial charge in [0.2, 0.25) is 0 Å². The first-order valence-electron chi connectivity index (χ1n) is 11.9. The van der Waals surface area contributed by atoms with E-state index in [0.717, 1.165) is 24.3 Å². The molecule has 1 aliphatic heterocycles. The molecule has 1 saturated heterocycles. The summed E-state index contributed by atoms with van der Waals surface area (Å²) in [4.78, 5) is 16.8. The molecular weight excluding hydrogens is 358 g/mol. The Hall–Kier alpha value is -1.55. The molecule has 29 heavy (non-hydrogen) atoms. The lowest BCUT2D eigenvalue weighted by molar-refractivity contribution is 0.0675. The number of amides is 2. The molecule has 4 nitrogen and oxygen atoms in total. The normalized spacial score (nSPS) is 33.3. The Morgan fingerprint density at radius 1 is 1.03 bits per heavy atom. The number of hydrogen-bond donors (Lipinski definition) is 1. The maximum atomic E-state index is 12.3. The topological polar surface area (TPSA) is 35.6 Å². The molecule has 1 heterocycles. The second-order valence-electron chi connectivity index (χ2n) is 10.5. The summed E-state index contributed by atoms with van der Waals surface area (Å²) >= 11 is 0. The van der Waals surface area contributed by atoms with E-state index in [4.69, 9.17) is 0 Å². The number of hydrogen-bond acceptors (Lipinski definition) is 2.